The molecule has 0 spiro atoms. The lowest BCUT2D eigenvalue weighted by Crippen LogP contribution is -2.50. The molecule has 5 nitrogen and oxygen atoms in total. The Bertz CT molecular complexity index is 363. The molecule has 0 aromatic heterocycles. The third-order valence-electron chi connectivity index (χ3n) is 4.06. The van der Waals surface area contributed by atoms with Gasteiger partial charge in [-0.25, -0.2) is 0 Å². The second-order valence-corrected chi connectivity index (χ2v) is 6.01. The largest absolute Gasteiger partial charge is 0.466 e. The summed E-state index contributed by atoms with van der Waals surface area (Å²) < 4.78 is 5.04. The molecule has 1 heterocycles. The zero-order valence-electron chi connectivity index (χ0n) is 12.3. The lowest BCUT2D eigenvalue weighted by Gasteiger charge is -2.36. The highest BCUT2D eigenvalue weighted by Crippen LogP contribution is 2.28. The van der Waals surface area contributed by atoms with Gasteiger partial charge in [0.05, 0.1) is 19.2 Å². The number of carbonyl (C=O) groups is 1. The Kier molecular flexibility index (Phi) is 5.81. The zero-order chi connectivity index (χ0) is 14.4. The van der Waals surface area contributed by atoms with Crippen molar-refractivity contribution in [1.29, 1.82) is 5.26 Å². The molecular weight excluding hydrogens is 254 g/mol. The first-order valence-electron chi connectivity index (χ1n) is 7.69. The Balaban J connectivity index is 1.82. The third kappa shape index (κ3) is 5.10. The normalized spacial score (nSPS) is 27.0. The van der Waals surface area contributed by atoms with Gasteiger partial charge in [-0.05, 0) is 44.6 Å². The van der Waals surface area contributed by atoms with Crippen LogP contribution in [0.3, 0.4) is 0 Å². The van der Waals surface area contributed by atoms with Crippen molar-refractivity contribution < 1.29 is 9.53 Å². The minimum absolute atomic E-state index is 0.114. The van der Waals surface area contributed by atoms with Gasteiger partial charge in [-0.1, -0.05) is 0 Å². The van der Waals surface area contributed by atoms with Crippen LogP contribution in [0, 0.1) is 23.2 Å². The van der Waals surface area contributed by atoms with Crippen LogP contribution in [0.5, 0.6) is 0 Å². The van der Waals surface area contributed by atoms with Crippen LogP contribution in [0.2, 0.25) is 0 Å². The molecular formula is C15H25N3O2. The number of esters is 1. The number of piperidine rings is 1. The predicted octanol–water partition coefficient (Wildman–Crippen LogP) is 1.15. The van der Waals surface area contributed by atoms with Crippen molar-refractivity contribution in [3.63, 3.8) is 0 Å². The number of carbonyl (C=O) groups excluding carboxylic acids is 1. The van der Waals surface area contributed by atoms with Gasteiger partial charge in [0.1, 0.15) is 0 Å². The second-order valence-electron chi connectivity index (χ2n) is 6.01. The van der Waals surface area contributed by atoms with E-state index in [1.165, 1.54) is 12.8 Å². The highest BCUT2D eigenvalue weighted by molar-refractivity contribution is 5.69. The van der Waals surface area contributed by atoms with Gasteiger partial charge in [0.2, 0.25) is 0 Å². The number of nitriles is 1. The van der Waals surface area contributed by atoms with Crippen LogP contribution in [0.25, 0.3) is 0 Å². The van der Waals surface area contributed by atoms with Gasteiger partial charge in [-0.15, -0.1) is 0 Å². The van der Waals surface area contributed by atoms with Gasteiger partial charge < -0.3 is 10.1 Å². The van der Waals surface area contributed by atoms with E-state index < -0.39 is 0 Å². The van der Waals surface area contributed by atoms with Gasteiger partial charge in [0.15, 0.2) is 0 Å². The smallest absolute Gasteiger partial charge is 0.306 e. The van der Waals surface area contributed by atoms with E-state index in [0.29, 0.717) is 31.5 Å². The molecule has 0 aromatic carbocycles. The van der Waals surface area contributed by atoms with Gasteiger partial charge in [-0.2, -0.15) is 5.26 Å². The number of hydrogen-bond acceptors (Lipinski definition) is 5. The second kappa shape index (κ2) is 7.61. The summed E-state index contributed by atoms with van der Waals surface area (Å²) in [6, 6.07) is 2.62. The summed E-state index contributed by atoms with van der Waals surface area (Å²) in [5, 5.41) is 12.5. The highest BCUT2D eigenvalue weighted by atomic mass is 16.5. The van der Waals surface area contributed by atoms with Crippen LogP contribution in [0.1, 0.15) is 32.6 Å². The van der Waals surface area contributed by atoms with Crippen molar-refractivity contribution in [1.82, 2.24) is 10.2 Å². The first-order valence-corrected chi connectivity index (χ1v) is 7.69. The Labute approximate surface area is 121 Å². The average Bonchev–Trinajstić information content (AvgIpc) is 3.21. The Morgan fingerprint density at radius 1 is 1.40 bits per heavy atom. The van der Waals surface area contributed by atoms with Crippen LogP contribution in [0.4, 0.5) is 0 Å². The van der Waals surface area contributed by atoms with Crippen molar-refractivity contribution in [3.8, 4) is 6.07 Å². The monoisotopic (exact) mass is 279 g/mol. The molecule has 5 heteroatoms. The molecule has 2 unspecified atom stereocenters. The number of nitrogens with one attached hydrogen (secondary N) is 1. The molecule has 0 bridgehead atoms. The molecule has 2 atom stereocenters. The zero-order valence-corrected chi connectivity index (χ0v) is 12.3. The van der Waals surface area contributed by atoms with Crippen molar-refractivity contribution >= 4 is 5.97 Å². The first-order chi connectivity index (χ1) is 9.71. The molecule has 0 radical (unpaired) electrons. The van der Waals surface area contributed by atoms with E-state index in [1.807, 2.05) is 6.92 Å². The number of ether oxygens (including phenoxy) is 1. The van der Waals surface area contributed by atoms with Crippen LogP contribution < -0.4 is 5.32 Å². The van der Waals surface area contributed by atoms with E-state index in [0.717, 1.165) is 32.0 Å². The van der Waals surface area contributed by atoms with E-state index in [2.05, 4.69) is 16.3 Å². The molecule has 1 saturated carbocycles. The van der Waals surface area contributed by atoms with Crippen molar-refractivity contribution in [2.24, 2.45) is 11.8 Å². The first kappa shape index (κ1) is 15.3. The minimum Gasteiger partial charge on any atom is -0.466 e. The molecule has 0 aromatic rings. The summed E-state index contributed by atoms with van der Waals surface area (Å²) in [4.78, 5) is 13.8. The lowest BCUT2D eigenvalue weighted by atomic mass is 9.91. The Morgan fingerprint density at radius 3 is 2.85 bits per heavy atom. The number of rotatable bonds is 7. The fourth-order valence-corrected chi connectivity index (χ4v) is 2.94. The van der Waals surface area contributed by atoms with Crippen molar-refractivity contribution in [3.05, 3.63) is 0 Å². The quantitative estimate of drug-likeness (QED) is 0.559. The molecule has 1 aliphatic carbocycles. The van der Waals surface area contributed by atoms with E-state index in [9.17, 15) is 4.79 Å². The lowest BCUT2D eigenvalue weighted by molar-refractivity contribution is -0.144. The summed E-state index contributed by atoms with van der Waals surface area (Å²) in [5.74, 6) is 1.04. The van der Waals surface area contributed by atoms with Crippen LogP contribution in [-0.4, -0.2) is 49.7 Å². The van der Waals surface area contributed by atoms with Crippen LogP contribution >= 0.6 is 0 Å². The fourth-order valence-electron chi connectivity index (χ4n) is 2.94. The average molecular weight is 279 g/mol. The van der Waals surface area contributed by atoms with Crippen molar-refractivity contribution in [2.45, 2.75) is 38.6 Å². The molecule has 1 aliphatic heterocycles. The summed E-state index contributed by atoms with van der Waals surface area (Å²) in [7, 11) is 0. The molecule has 1 saturated heterocycles. The number of likely N-dealkylation sites (tertiary alicyclic amines) is 1. The maximum atomic E-state index is 11.6. The third-order valence-corrected chi connectivity index (χ3v) is 4.06. The van der Waals surface area contributed by atoms with Crippen LogP contribution in [-0.2, 0) is 9.53 Å². The van der Waals surface area contributed by atoms with Gasteiger partial charge in [0.25, 0.3) is 0 Å². The van der Waals surface area contributed by atoms with E-state index in [4.69, 9.17) is 10.00 Å². The van der Waals surface area contributed by atoms with E-state index in [1.54, 1.807) is 0 Å². The molecule has 2 rings (SSSR count). The summed E-state index contributed by atoms with van der Waals surface area (Å²) in [6.45, 7) is 5.54. The maximum Gasteiger partial charge on any atom is 0.306 e. The van der Waals surface area contributed by atoms with E-state index >= 15 is 0 Å². The summed E-state index contributed by atoms with van der Waals surface area (Å²) >= 11 is 0. The molecule has 112 valence electrons. The maximum absolute atomic E-state index is 11.6. The summed E-state index contributed by atoms with van der Waals surface area (Å²) in [5.41, 5.74) is 0. The molecule has 20 heavy (non-hydrogen) atoms. The molecule has 2 aliphatic rings. The standard InChI is InChI=1S/C15H25N3O2/c1-2-20-15(19)8-13-7-14(17-9-12-3-4-12)11-18(10-13)6-5-16/h12-14,17H,2-4,6-11H2,1H3. The topological polar surface area (TPSA) is 65.4 Å². The summed E-state index contributed by atoms with van der Waals surface area (Å²) in [6.07, 6.45) is 4.16. The Morgan fingerprint density at radius 2 is 2.20 bits per heavy atom. The molecule has 0 amide bonds. The molecule has 1 N–H and O–H groups in total. The van der Waals surface area contributed by atoms with Gasteiger partial charge >= 0.3 is 5.97 Å². The van der Waals surface area contributed by atoms with Gasteiger partial charge in [0, 0.05) is 25.6 Å². The predicted molar refractivity (Wildman–Crippen MR) is 75.9 cm³/mol. The Hall–Kier alpha value is -1.12. The van der Waals surface area contributed by atoms with E-state index in [-0.39, 0.29) is 5.97 Å². The number of nitrogens with zero attached hydrogens (tertiary/aromatic N) is 2. The van der Waals surface area contributed by atoms with Crippen LogP contribution in [0.15, 0.2) is 0 Å². The molecule has 2 fully saturated rings. The van der Waals surface area contributed by atoms with Gasteiger partial charge in [-0.3, -0.25) is 9.69 Å². The fraction of sp³-hybridized carbons (Fsp3) is 0.867. The highest BCUT2D eigenvalue weighted by Gasteiger charge is 2.30. The SMILES string of the molecule is CCOC(=O)CC1CC(NCC2CC2)CN(CC#N)C1. The minimum atomic E-state index is -0.114. The number of hydrogen-bond donors (Lipinski definition) is 1. The van der Waals surface area contributed by atoms with Crippen molar-refractivity contribution in [2.75, 3.05) is 32.8 Å².